The Bertz CT molecular complexity index is 408. The van der Waals surface area contributed by atoms with E-state index in [1.165, 1.54) is 13.2 Å². The van der Waals surface area contributed by atoms with Crippen molar-refractivity contribution in [2.24, 2.45) is 0 Å². The number of nitrogens with one attached hydrogen (secondary N) is 1. The van der Waals surface area contributed by atoms with Crippen LogP contribution in [0.2, 0.25) is 5.02 Å². The second-order valence-corrected chi connectivity index (χ2v) is 4.77. The predicted molar refractivity (Wildman–Crippen MR) is 71.0 cm³/mol. The summed E-state index contributed by atoms with van der Waals surface area (Å²) in [5.74, 6) is 0.0336. The number of hydrogen-bond donors (Lipinski definition) is 1. The summed E-state index contributed by atoms with van der Waals surface area (Å²) in [6.45, 7) is 5.11. The highest BCUT2D eigenvalue weighted by molar-refractivity contribution is 6.32. The SMILES string of the molecule is COc1c(CCN2CCNCC2)ccc(F)c1Cl. The van der Waals surface area contributed by atoms with Gasteiger partial charge in [0.15, 0.2) is 0 Å². The van der Waals surface area contributed by atoms with Crippen LogP contribution in [0.3, 0.4) is 0 Å². The van der Waals surface area contributed by atoms with Crippen molar-refractivity contribution in [2.75, 3.05) is 39.8 Å². The number of halogens is 2. The minimum Gasteiger partial charge on any atom is -0.495 e. The van der Waals surface area contributed by atoms with Crippen LogP contribution in [0.4, 0.5) is 4.39 Å². The van der Waals surface area contributed by atoms with Gasteiger partial charge in [-0.15, -0.1) is 0 Å². The predicted octanol–water partition coefficient (Wildman–Crippen LogP) is 1.94. The van der Waals surface area contributed by atoms with Crippen molar-refractivity contribution in [3.8, 4) is 5.75 Å². The van der Waals surface area contributed by atoms with Gasteiger partial charge in [-0.1, -0.05) is 17.7 Å². The molecule has 1 aliphatic rings. The Hall–Kier alpha value is -0.840. The van der Waals surface area contributed by atoms with Gasteiger partial charge in [-0.05, 0) is 18.1 Å². The third-order valence-electron chi connectivity index (χ3n) is 3.24. The van der Waals surface area contributed by atoms with Crippen molar-refractivity contribution < 1.29 is 9.13 Å². The lowest BCUT2D eigenvalue weighted by atomic mass is 10.1. The molecule has 0 saturated carbocycles. The van der Waals surface area contributed by atoms with Gasteiger partial charge in [0.05, 0.1) is 7.11 Å². The quantitative estimate of drug-likeness (QED) is 0.907. The van der Waals surface area contributed by atoms with Gasteiger partial charge in [-0.3, -0.25) is 0 Å². The van der Waals surface area contributed by atoms with E-state index in [0.29, 0.717) is 5.75 Å². The van der Waals surface area contributed by atoms with Crippen molar-refractivity contribution >= 4 is 11.6 Å². The molecule has 100 valence electrons. The molecule has 1 N–H and O–H groups in total. The van der Waals surface area contributed by atoms with Crippen LogP contribution < -0.4 is 10.1 Å². The Morgan fingerprint density at radius 2 is 2.11 bits per heavy atom. The minimum atomic E-state index is -0.431. The third kappa shape index (κ3) is 3.13. The molecule has 0 unspecified atom stereocenters. The van der Waals surface area contributed by atoms with Crippen LogP contribution in [0.25, 0.3) is 0 Å². The highest BCUT2D eigenvalue weighted by Gasteiger charge is 2.14. The molecule has 1 fully saturated rings. The summed E-state index contributed by atoms with van der Waals surface area (Å²) < 4.78 is 18.5. The molecule has 1 saturated heterocycles. The average molecular weight is 273 g/mol. The molecular weight excluding hydrogens is 255 g/mol. The summed E-state index contributed by atoms with van der Waals surface area (Å²) in [5, 5.41) is 3.39. The lowest BCUT2D eigenvalue weighted by molar-refractivity contribution is 0.243. The molecule has 0 amide bonds. The molecule has 1 aromatic rings. The fraction of sp³-hybridized carbons (Fsp3) is 0.538. The topological polar surface area (TPSA) is 24.5 Å². The van der Waals surface area contributed by atoms with Gasteiger partial charge in [0, 0.05) is 32.7 Å². The minimum absolute atomic E-state index is 0.0790. The van der Waals surface area contributed by atoms with Crippen LogP contribution in [0, 0.1) is 5.82 Å². The Balaban J connectivity index is 2.02. The molecule has 18 heavy (non-hydrogen) atoms. The summed E-state index contributed by atoms with van der Waals surface area (Å²) in [6.07, 6.45) is 0.823. The van der Waals surface area contributed by atoms with E-state index in [2.05, 4.69) is 10.2 Å². The van der Waals surface area contributed by atoms with Gasteiger partial charge in [0.25, 0.3) is 0 Å². The zero-order valence-electron chi connectivity index (χ0n) is 10.5. The molecule has 2 rings (SSSR count). The van der Waals surface area contributed by atoms with E-state index >= 15 is 0 Å². The molecule has 0 atom stereocenters. The van der Waals surface area contributed by atoms with Gasteiger partial charge < -0.3 is 15.0 Å². The number of ether oxygens (including phenoxy) is 1. The van der Waals surface area contributed by atoms with E-state index in [1.807, 2.05) is 0 Å². The maximum absolute atomic E-state index is 13.3. The number of hydrogen-bond acceptors (Lipinski definition) is 3. The molecule has 1 aliphatic heterocycles. The molecular formula is C13H18ClFN2O. The first-order valence-electron chi connectivity index (χ1n) is 6.16. The fourth-order valence-electron chi connectivity index (χ4n) is 2.20. The van der Waals surface area contributed by atoms with E-state index in [9.17, 15) is 4.39 Å². The first kappa shape index (κ1) is 13.6. The summed E-state index contributed by atoms with van der Waals surface area (Å²) in [6, 6.07) is 3.15. The van der Waals surface area contributed by atoms with E-state index in [1.54, 1.807) is 6.07 Å². The summed E-state index contributed by atoms with van der Waals surface area (Å²) in [4.78, 5) is 2.38. The van der Waals surface area contributed by atoms with E-state index in [4.69, 9.17) is 16.3 Å². The van der Waals surface area contributed by atoms with Crippen LogP contribution in [0.5, 0.6) is 5.75 Å². The number of rotatable bonds is 4. The maximum Gasteiger partial charge on any atom is 0.145 e. The van der Waals surface area contributed by atoms with Crippen LogP contribution >= 0.6 is 11.6 Å². The monoisotopic (exact) mass is 272 g/mol. The molecule has 0 radical (unpaired) electrons. The molecule has 0 aromatic heterocycles. The van der Waals surface area contributed by atoms with Gasteiger partial charge >= 0.3 is 0 Å². The Kier molecular flexibility index (Phi) is 4.80. The first-order chi connectivity index (χ1) is 8.72. The molecule has 5 heteroatoms. The fourth-order valence-corrected chi connectivity index (χ4v) is 2.46. The molecule has 0 bridgehead atoms. The second-order valence-electron chi connectivity index (χ2n) is 4.40. The maximum atomic E-state index is 13.3. The highest BCUT2D eigenvalue weighted by Crippen LogP contribution is 2.31. The second kappa shape index (κ2) is 6.36. The Morgan fingerprint density at radius 1 is 1.39 bits per heavy atom. The Morgan fingerprint density at radius 3 is 2.78 bits per heavy atom. The zero-order valence-corrected chi connectivity index (χ0v) is 11.3. The van der Waals surface area contributed by atoms with Gasteiger partial charge in [0.1, 0.15) is 16.6 Å². The summed E-state index contributed by atoms with van der Waals surface area (Å²) in [5.41, 5.74) is 0.961. The van der Waals surface area contributed by atoms with Crippen LogP contribution in [0.1, 0.15) is 5.56 Å². The van der Waals surface area contributed by atoms with Crippen LogP contribution in [-0.2, 0) is 6.42 Å². The molecule has 0 spiro atoms. The van der Waals surface area contributed by atoms with Crippen molar-refractivity contribution in [3.05, 3.63) is 28.5 Å². The smallest absolute Gasteiger partial charge is 0.145 e. The van der Waals surface area contributed by atoms with Crippen LogP contribution in [-0.4, -0.2) is 44.7 Å². The van der Waals surface area contributed by atoms with Gasteiger partial charge in [-0.2, -0.15) is 0 Å². The van der Waals surface area contributed by atoms with Crippen molar-refractivity contribution in [1.82, 2.24) is 10.2 Å². The van der Waals surface area contributed by atoms with E-state index in [0.717, 1.165) is 44.7 Å². The molecule has 1 heterocycles. The number of methoxy groups -OCH3 is 1. The van der Waals surface area contributed by atoms with Gasteiger partial charge in [-0.25, -0.2) is 4.39 Å². The van der Waals surface area contributed by atoms with E-state index < -0.39 is 5.82 Å². The zero-order chi connectivity index (χ0) is 13.0. The molecule has 3 nitrogen and oxygen atoms in total. The standard InChI is InChI=1S/C13H18ClFN2O/c1-18-13-10(2-3-11(15)12(13)14)4-7-17-8-5-16-6-9-17/h2-3,16H,4-9H2,1H3. The Labute approximate surface area is 112 Å². The molecule has 1 aromatic carbocycles. The number of piperazine rings is 1. The van der Waals surface area contributed by atoms with Gasteiger partial charge in [0.2, 0.25) is 0 Å². The lowest BCUT2D eigenvalue weighted by Crippen LogP contribution is -2.44. The largest absolute Gasteiger partial charge is 0.495 e. The third-order valence-corrected chi connectivity index (χ3v) is 3.59. The lowest BCUT2D eigenvalue weighted by Gasteiger charge is -2.27. The van der Waals surface area contributed by atoms with Crippen LogP contribution in [0.15, 0.2) is 12.1 Å². The average Bonchev–Trinajstić information content (AvgIpc) is 2.41. The van der Waals surface area contributed by atoms with Crippen molar-refractivity contribution in [1.29, 1.82) is 0 Å². The number of benzene rings is 1. The van der Waals surface area contributed by atoms with E-state index in [-0.39, 0.29) is 5.02 Å². The highest BCUT2D eigenvalue weighted by atomic mass is 35.5. The van der Waals surface area contributed by atoms with Crippen molar-refractivity contribution in [2.45, 2.75) is 6.42 Å². The first-order valence-corrected chi connectivity index (χ1v) is 6.54. The van der Waals surface area contributed by atoms with Crippen molar-refractivity contribution in [3.63, 3.8) is 0 Å². The summed E-state index contributed by atoms with van der Waals surface area (Å²) in [7, 11) is 1.52. The normalized spacial score (nSPS) is 16.8. The summed E-state index contributed by atoms with van der Waals surface area (Å²) >= 11 is 5.90. The number of nitrogens with zero attached hydrogens (tertiary/aromatic N) is 1. The molecule has 0 aliphatic carbocycles.